The summed E-state index contributed by atoms with van der Waals surface area (Å²) in [6, 6.07) is 65.9. The Morgan fingerprint density at radius 3 is 1.84 bits per heavy atom. The van der Waals surface area contributed by atoms with Crippen LogP contribution in [0.15, 0.2) is 187 Å². The molecule has 2 N–H and O–H groups in total. The molecule has 12 rings (SSSR count). The zero-order valence-corrected chi connectivity index (χ0v) is 32.3. The van der Waals surface area contributed by atoms with Gasteiger partial charge in [0.05, 0.1) is 16.7 Å². The predicted molar refractivity (Wildman–Crippen MR) is 243 cm³/mol. The fraction of sp³-hybridized carbons (Fsp3) is 0.0392. The first-order valence-corrected chi connectivity index (χ1v) is 21.0. The average molecular weight is 767 g/mol. The van der Waals surface area contributed by atoms with Gasteiger partial charge in [0.1, 0.15) is 18.2 Å². The molecule has 0 amide bonds. The molecule has 0 bridgehead atoms. The number of amidine groups is 1. The van der Waals surface area contributed by atoms with Crippen LogP contribution in [-0.2, 0) is 0 Å². The third-order valence-corrected chi connectivity index (χ3v) is 13.9. The van der Waals surface area contributed by atoms with Gasteiger partial charge in [0.2, 0.25) is 0 Å². The molecule has 57 heavy (non-hydrogen) atoms. The van der Waals surface area contributed by atoms with Gasteiger partial charge in [0, 0.05) is 67.8 Å². The van der Waals surface area contributed by atoms with E-state index in [4.69, 9.17) is 4.99 Å². The van der Waals surface area contributed by atoms with Gasteiger partial charge < -0.3 is 9.88 Å². The molecular weight excluding hydrogens is 733 g/mol. The van der Waals surface area contributed by atoms with Crippen LogP contribution in [0.2, 0.25) is 0 Å². The Kier molecular flexibility index (Phi) is 7.45. The van der Waals surface area contributed by atoms with E-state index in [9.17, 15) is 0 Å². The van der Waals surface area contributed by atoms with Crippen LogP contribution in [0, 0.1) is 0 Å². The van der Waals surface area contributed by atoms with E-state index in [0.29, 0.717) is 0 Å². The molecule has 6 heteroatoms. The number of nitrogens with zero attached hydrogens (tertiary/aromatic N) is 2. The van der Waals surface area contributed by atoms with Gasteiger partial charge in [0.25, 0.3) is 0 Å². The number of nitrogens with one attached hydrogen (secondary N) is 2. The van der Waals surface area contributed by atoms with Crippen LogP contribution in [0.5, 0.6) is 0 Å². The number of rotatable bonds is 5. The second kappa shape index (κ2) is 13.0. The van der Waals surface area contributed by atoms with E-state index in [1.807, 2.05) is 28.7 Å². The number of thiophene rings is 2. The Labute approximate surface area is 337 Å². The number of para-hydroxylation sites is 2. The Morgan fingerprint density at radius 1 is 0.474 bits per heavy atom. The lowest BCUT2D eigenvalue weighted by molar-refractivity contribution is 0.409. The topological polar surface area (TPSA) is 41.4 Å². The highest BCUT2D eigenvalue weighted by molar-refractivity contribution is 7.27. The van der Waals surface area contributed by atoms with Crippen LogP contribution in [0.4, 0.5) is 0 Å². The van der Waals surface area contributed by atoms with Crippen molar-refractivity contribution in [3.63, 3.8) is 0 Å². The lowest BCUT2D eigenvalue weighted by Crippen LogP contribution is -2.44. The quantitative estimate of drug-likeness (QED) is 0.183. The molecule has 1 aliphatic heterocycles. The maximum Gasteiger partial charge on any atom is 0.131 e. The van der Waals surface area contributed by atoms with Gasteiger partial charge in [-0.05, 0) is 47.5 Å². The maximum absolute atomic E-state index is 5.25. The predicted octanol–water partition coefficient (Wildman–Crippen LogP) is 13.5. The molecule has 3 aromatic heterocycles. The molecule has 2 unspecified atom stereocenters. The van der Waals surface area contributed by atoms with Crippen molar-refractivity contribution in [2.24, 2.45) is 4.99 Å². The van der Waals surface area contributed by atoms with Gasteiger partial charge in [-0.2, -0.15) is 0 Å². The molecular formula is C51H34N4S2. The van der Waals surface area contributed by atoms with E-state index in [2.05, 4.69) is 191 Å². The largest absolute Gasteiger partial charge is 0.350 e. The van der Waals surface area contributed by atoms with Crippen molar-refractivity contribution in [1.82, 2.24) is 15.2 Å². The number of fused-ring (bicyclic) bond motifs is 9. The number of benzene rings is 8. The summed E-state index contributed by atoms with van der Waals surface area (Å²) < 4.78 is 7.66. The monoisotopic (exact) mass is 766 g/mol. The third-order valence-electron chi connectivity index (χ3n) is 11.5. The van der Waals surface area contributed by atoms with Crippen LogP contribution >= 0.6 is 22.7 Å². The smallest absolute Gasteiger partial charge is 0.131 e. The highest BCUT2D eigenvalue weighted by Crippen LogP contribution is 2.47. The third kappa shape index (κ3) is 5.19. The van der Waals surface area contributed by atoms with Crippen LogP contribution in [0.1, 0.15) is 29.0 Å². The van der Waals surface area contributed by atoms with Gasteiger partial charge in [0.15, 0.2) is 0 Å². The fourth-order valence-electron chi connectivity index (χ4n) is 8.90. The van der Waals surface area contributed by atoms with E-state index in [0.717, 1.165) is 17.0 Å². The summed E-state index contributed by atoms with van der Waals surface area (Å²) in [5, 5.41) is 15.2. The van der Waals surface area contributed by atoms with Gasteiger partial charge in [-0.1, -0.05) is 146 Å². The van der Waals surface area contributed by atoms with Crippen LogP contribution in [0.3, 0.4) is 0 Å². The Balaban J connectivity index is 1.00. The van der Waals surface area contributed by atoms with Crippen molar-refractivity contribution in [3.05, 3.63) is 199 Å². The van der Waals surface area contributed by atoms with E-state index in [1.54, 1.807) is 0 Å². The summed E-state index contributed by atoms with van der Waals surface area (Å²) >= 11 is 3.79. The van der Waals surface area contributed by atoms with Crippen LogP contribution < -0.4 is 10.6 Å². The van der Waals surface area contributed by atoms with Crippen molar-refractivity contribution in [1.29, 1.82) is 0 Å². The first kappa shape index (κ1) is 32.7. The second-order valence-corrected chi connectivity index (χ2v) is 16.8. The number of hydrogen-bond donors (Lipinski definition) is 2. The molecule has 0 fully saturated rings. The van der Waals surface area contributed by atoms with Crippen LogP contribution in [-0.4, -0.2) is 10.4 Å². The first-order chi connectivity index (χ1) is 28.3. The van der Waals surface area contributed by atoms with E-state index >= 15 is 0 Å². The normalized spacial score (nSPS) is 15.9. The van der Waals surface area contributed by atoms with Gasteiger partial charge in [-0.15, -0.1) is 22.7 Å². The Bertz CT molecular complexity index is 3320. The Hall–Kier alpha value is -6.57. The molecule has 0 radical (unpaired) electrons. The summed E-state index contributed by atoms with van der Waals surface area (Å²) in [7, 11) is 0. The van der Waals surface area contributed by atoms with E-state index in [-0.39, 0.29) is 12.3 Å². The molecule has 8 aromatic carbocycles. The van der Waals surface area contributed by atoms with Gasteiger partial charge in [-0.3, -0.25) is 5.32 Å². The molecule has 0 saturated carbocycles. The molecule has 0 aliphatic carbocycles. The lowest BCUT2D eigenvalue weighted by Gasteiger charge is -2.32. The zero-order chi connectivity index (χ0) is 37.5. The van der Waals surface area contributed by atoms with Gasteiger partial charge in [-0.25, -0.2) is 4.99 Å². The molecule has 0 spiro atoms. The molecule has 4 nitrogen and oxygen atoms in total. The maximum atomic E-state index is 5.25. The SMILES string of the molecule is c1ccc(C2=NC(c3ccc4sc5c(-c6cccc7c6sc6cccc(-n8c9ccccc9c9ccccc98)c67)cccc5c4c3)NC(c3ccccc3)N2)cc1. The van der Waals surface area contributed by atoms with Crippen molar-refractivity contribution in [3.8, 4) is 16.8 Å². The number of hydrogen-bond acceptors (Lipinski definition) is 5. The average Bonchev–Trinajstić information content (AvgIpc) is 3.96. The second-order valence-electron chi connectivity index (χ2n) is 14.7. The minimum atomic E-state index is -0.217. The zero-order valence-electron chi connectivity index (χ0n) is 30.7. The summed E-state index contributed by atoms with van der Waals surface area (Å²) in [5.41, 5.74) is 9.64. The molecule has 4 heterocycles. The van der Waals surface area contributed by atoms with Crippen molar-refractivity contribution < 1.29 is 0 Å². The minimum absolute atomic E-state index is 0.0808. The highest BCUT2D eigenvalue weighted by atomic mass is 32.1. The van der Waals surface area contributed by atoms with Crippen LogP contribution in [0.25, 0.3) is 79.0 Å². The van der Waals surface area contributed by atoms with Crippen molar-refractivity contribution in [2.45, 2.75) is 12.3 Å². The Morgan fingerprint density at radius 2 is 1.09 bits per heavy atom. The minimum Gasteiger partial charge on any atom is -0.350 e. The lowest BCUT2D eigenvalue weighted by atomic mass is 9.99. The van der Waals surface area contributed by atoms with Crippen molar-refractivity contribution >= 4 is 90.7 Å². The summed E-state index contributed by atoms with van der Waals surface area (Å²) in [4.78, 5) is 5.25. The standard InChI is InChI=1S/C51H34N4S2/c1-3-14-31(15-4-1)49-52-50(32-16-5-2-6-17-32)54-51(53-49)33-28-29-44-40(30-33)38-22-11-20-36(47(38)56-44)37-21-12-23-39-46-43(26-13-27-45(46)57-48(37)39)55-41-24-9-7-18-34(41)35-19-8-10-25-42(35)55/h1-30,49,51,53H,(H,52,54). The molecule has 270 valence electrons. The molecule has 11 aromatic rings. The molecule has 2 atom stereocenters. The summed E-state index contributed by atoms with van der Waals surface area (Å²) in [6.07, 6.45) is -0.298. The highest BCUT2D eigenvalue weighted by Gasteiger charge is 2.26. The van der Waals surface area contributed by atoms with Gasteiger partial charge >= 0.3 is 0 Å². The fourth-order valence-corrected chi connectivity index (χ4v) is 11.4. The molecule has 0 saturated heterocycles. The summed E-state index contributed by atoms with van der Waals surface area (Å²) in [6.45, 7) is 0. The van der Waals surface area contributed by atoms with E-state index < -0.39 is 0 Å². The number of aliphatic imine (C=N–C) groups is 1. The first-order valence-electron chi connectivity index (χ1n) is 19.4. The van der Waals surface area contributed by atoms with Crippen molar-refractivity contribution in [2.75, 3.05) is 0 Å². The van der Waals surface area contributed by atoms with E-state index in [1.165, 1.54) is 84.5 Å². The number of aromatic nitrogens is 1. The summed E-state index contributed by atoms with van der Waals surface area (Å²) in [5.74, 6) is 0.892. The molecule has 1 aliphatic rings.